The molecule has 0 aliphatic rings. The number of nitro groups is 1. The first kappa shape index (κ1) is 14.4. The van der Waals surface area contributed by atoms with E-state index in [0.29, 0.717) is 12.3 Å². The average molecular weight is 293 g/mol. The van der Waals surface area contributed by atoms with Gasteiger partial charge >= 0.3 is 5.97 Å². The van der Waals surface area contributed by atoms with Gasteiger partial charge in [-0.05, 0) is 6.07 Å². The zero-order chi connectivity index (χ0) is 15.4. The fourth-order valence-electron chi connectivity index (χ4n) is 1.64. The van der Waals surface area contributed by atoms with Gasteiger partial charge in [0.2, 0.25) is 5.89 Å². The number of carbonyl (C=O) groups is 1. The average Bonchev–Trinajstić information content (AvgIpc) is 2.92. The van der Waals surface area contributed by atoms with E-state index in [1.54, 1.807) is 0 Å². The predicted molar refractivity (Wildman–Crippen MR) is 68.1 cm³/mol. The Morgan fingerprint density at radius 2 is 2.14 bits per heavy atom. The molecule has 0 atom stereocenters. The van der Waals surface area contributed by atoms with Crippen LogP contribution in [-0.2, 0) is 13.0 Å². The lowest BCUT2D eigenvalue weighted by Crippen LogP contribution is -2.07. The van der Waals surface area contributed by atoms with Crippen LogP contribution in [0, 0.1) is 10.1 Å². The maximum Gasteiger partial charge on any atom is 0.346 e. The van der Waals surface area contributed by atoms with E-state index < -0.39 is 22.1 Å². The summed E-state index contributed by atoms with van der Waals surface area (Å²) in [5, 5.41) is 27.4. The van der Waals surface area contributed by atoms with Crippen molar-refractivity contribution in [3.8, 4) is 5.75 Å². The number of nitro benzene ring substituents is 1. The topological polar surface area (TPSA) is 129 Å². The van der Waals surface area contributed by atoms with Crippen molar-refractivity contribution in [1.82, 2.24) is 10.2 Å². The minimum absolute atomic E-state index is 0.132. The van der Waals surface area contributed by atoms with Gasteiger partial charge in [0.1, 0.15) is 5.75 Å². The number of hydrogen-bond acceptors (Lipinski definition) is 7. The number of rotatable bonds is 6. The molecular formula is C12H11N3O6. The van der Waals surface area contributed by atoms with Gasteiger partial charge in [-0.15, -0.1) is 10.2 Å². The summed E-state index contributed by atoms with van der Waals surface area (Å²) in [6.07, 6.45) is 0.560. The van der Waals surface area contributed by atoms with Crippen LogP contribution in [0.25, 0.3) is 0 Å². The number of ether oxygens (including phenoxy) is 1. The highest BCUT2D eigenvalue weighted by molar-refractivity contribution is 5.95. The predicted octanol–water partition coefficient (Wildman–Crippen LogP) is 1.82. The Kier molecular flexibility index (Phi) is 4.12. The summed E-state index contributed by atoms with van der Waals surface area (Å²) in [7, 11) is 0. The Hall–Kier alpha value is -2.97. The van der Waals surface area contributed by atoms with Crippen LogP contribution in [0.4, 0.5) is 5.69 Å². The molecule has 21 heavy (non-hydrogen) atoms. The van der Waals surface area contributed by atoms with E-state index in [9.17, 15) is 14.9 Å². The Bertz CT molecular complexity index is 681. The molecule has 0 saturated carbocycles. The summed E-state index contributed by atoms with van der Waals surface area (Å²) in [6.45, 7) is 1.66. The van der Waals surface area contributed by atoms with Crippen LogP contribution in [0.3, 0.4) is 0 Å². The van der Waals surface area contributed by atoms with Crippen molar-refractivity contribution < 1.29 is 24.0 Å². The number of carboxylic acid groups (broad SMARTS) is 1. The highest BCUT2D eigenvalue weighted by Crippen LogP contribution is 2.28. The normalized spacial score (nSPS) is 10.3. The first-order valence-electron chi connectivity index (χ1n) is 5.97. The van der Waals surface area contributed by atoms with Gasteiger partial charge in [-0.25, -0.2) is 4.79 Å². The summed E-state index contributed by atoms with van der Waals surface area (Å²) < 4.78 is 10.5. The van der Waals surface area contributed by atoms with E-state index in [0.717, 1.165) is 6.07 Å². The lowest BCUT2D eigenvalue weighted by Gasteiger charge is -2.07. The maximum absolute atomic E-state index is 11.2. The van der Waals surface area contributed by atoms with Gasteiger partial charge in [0, 0.05) is 12.5 Å². The van der Waals surface area contributed by atoms with Gasteiger partial charge < -0.3 is 14.3 Å². The molecule has 110 valence electrons. The van der Waals surface area contributed by atoms with Gasteiger partial charge in [0.25, 0.3) is 11.6 Å². The lowest BCUT2D eigenvalue weighted by atomic mass is 10.1. The van der Waals surface area contributed by atoms with E-state index in [-0.39, 0.29) is 18.2 Å². The summed E-state index contributed by atoms with van der Waals surface area (Å²) in [4.78, 5) is 21.2. The molecule has 0 aliphatic heterocycles. The minimum atomic E-state index is -1.45. The molecule has 2 aromatic rings. The van der Waals surface area contributed by atoms with Crippen molar-refractivity contribution >= 4 is 11.7 Å². The van der Waals surface area contributed by atoms with Gasteiger partial charge in [-0.2, -0.15) is 0 Å². The van der Waals surface area contributed by atoms with E-state index in [2.05, 4.69) is 10.2 Å². The second-order valence-electron chi connectivity index (χ2n) is 3.94. The standard InChI is InChI=1S/C12H11N3O6/c1-2-9-13-14-10(21-9)6-20-8-5-3-4-7(15(18)19)11(8)12(16)17/h3-5H,2,6H2,1H3,(H,16,17). The number of aryl methyl sites for hydroxylation is 1. The SMILES string of the molecule is CCc1nnc(COc2cccc([N+](=O)[O-])c2C(=O)O)o1. The molecule has 0 amide bonds. The van der Waals surface area contributed by atoms with Crippen molar-refractivity contribution in [2.75, 3.05) is 0 Å². The van der Waals surface area contributed by atoms with Gasteiger partial charge in [-0.3, -0.25) is 10.1 Å². The Morgan fingerprint density at radius 3 is 2.71 bits per heavy atom. The number of nitrogens with zero attached hydrogens (tertiary/aromatic N) is 3. The van der Waals surface area contributed by atoms with E-state index in [4.69, 9.17) is 14.3 Å². The van der Waals surface area contributed by atoms with Crippen molar-refractivity contribution in [2.24, 2.45) is 0 Å². The third-order valence-corrected chi connectivity index (χ3v) is 2.58. The Labute approximate surface area is 118 Å². The molecule has 2 rings (SSSR count). The molecule has 0 bridgehead atoms. The molecular weight excluding hydrogens is 282 g/mol. The molecule has 0 saturated heterocycles. The highest BCUT2D eigenvalue weighted by atomic mass is 16.6. The van der Waals surface area contributed by atoms with Crippen LogP contribution in [0.2, 0.25) is 0 Å². The van der Waals surface area contributed by atoms with E-state index >= 15 is 0 Å². The molecule has 1 aromatic carbocycles. The third-order valence-electron chi connectivity index (χ3n) is 2.58. The van der Waals surface area contributed by atoms with Gasteiger partial charge in [0.05, 0.1) is 4.92 Å². The second kappa shape index (κ2) is 5.99. The Balaban J connectivity index is 2.25. The van der Waals surface area contributed by atoms with Crippen molar-refractivity contribution in [3.05, 3.63) is 45.7 Å². The molecule has 0 aliphatic carbocycles. The maximum atomic E-state index is 11.2. The number of aromatic carboxylic acids is 1. The first-order valence-corrected chi connectivity index (χ1v) is 5.97. The van der Waals surface area contributed by atoms with Crippen LogP contribution in [-0.4, -0.2) is 26.2 Å². The number of benzene rings is 1. The van der Waals surface area contributed by atoms with Crippen LogP contribution in [0.1, 0.15) is 29.1 Å². The molecule has 9 heteroatoms. The van der Waals surface area contributed by atoms with Crippen LogP contribution < -0.4 is 4.74 Å². The summed E-state index contributed by atoms with van der Waals surface area (Å²) >= 11 is 0. The van der Waals surface area contributed by atoms with Gasteiger partial charge in [0.15, 0.2) is 12.2 Å². The van der Waals surface area contributed by atoms with Crippen molar-refractivity contribution in [3.63, 3.8) is 0 Å². The van der Waals surface area contributed by atoms with Gasteiger partial charge in [-0.1, -0.05) is 13.0 Å². The largest absolute Gasteiger partial charge is 0.483 e. The fourth-order valence-corrected chi connectivity index (χ4v) is 1.64. The molecule has 0 spiro atoms. The Morgan fingerprint density at radius 1 is 1.43 bits per heavy atom. The number of aromatic nitrogens is 2. The smallest absolute Gasteiger partial charge is 0.346 e. The van der Waals surface area contributed by atoms with Crippen LogP contribution >= 0.6 is 0 Å². The zero-order valence-electron chi connectivity index (χ0n) is 11.0. The van der Waals surface area contributed by atoms with Crippen molar-refractivity contribution in [1.29, 1.82) is 0 Å². The second-order valence-corrected chi connectivity index (χ2v) is 3.94. The monoisotopic (exact) mass is 293 g/mol. The van der Waals surface area contributed by atoms with Crippen LogP contribution in [0.15, 0.2) is 22.6 Å². The zero-order valence-corrected chi connectivity index (χ0v) is 11.0. The molecule has 1 heterocycles. The molecule has 1 aromatic heterocycles. The van der Waals surface area contributed by atoms with Crippen molar-refractivity contribution in [2.45, 2.75) is 20.0 Å². The third kappa shape index (κ3) is 3.14. The number of hydrogen-bond donors (Lipinski definition) is 1. The fraction of sp³-hybridized carbons (Fsp3) is 0.250. The van der Waals surface area contributed by atoms with Crippen LogP contribution in [0.5, 0.6) is 5.75 Å². The molecule has 9 nitrogen and oxygen atoms in total. The summed E-state index contributed by atoms with van der Waals surface area (Å²) in [6, 6.07) is 3.76. The van der Waals surface area contributed by atoms with E-state index in [1.165, 1.54) is 12.1 Å². The lowest BCUT2D eigenvalue weighted by molar-refractivity contribution is -0.385. The molecule has 0 fully saturated rings. The summed E-state index contributed by atoms with van der Waals surface area (Å²) in [5.41, 5.74) is -1.06. The quantitative estimate of drug-likeness (QED) is 0.630. The number of carboxylic acids is 1. The molecule has 1 N–H and O–H groups in total. The highest BCUT2D eigenvalue weighted by Gasteiger charge is 2.25. The van der Waals surface area contributed by atoms with E-state index in [1.807, 2.05) is 6.92 Å². The summed E-state index contributed by atoms with van der Waals surface area (Å²) in [5.74, 6) is -0.995. The molecule has 0 unspecified atom stereocenters. The molecule has 0 radical (unpaired) electrons. The minimum Gasteiger partial charge on any atom is -0.483 e. The first-order chi connectivity index (χ1) is 10.0.